The van der Waals surface area contributed by atoms with Crippen LogP contribution in [0.5, 0.6) is 0 Å². The molecule has 1 aliphatic heterocycles. The summed E-state index contributed by atoms with van der Waals surface area (Å²) in [5, 5.41) is 2.15. The zero-order valence-corrected chi connectivity index (χ0v) is 15.0. The number of halogens is 4. The third kappa shape index (κ3) is 2.93. The molecule has 1 aliphatic rings. The first-order chi connectivity index (χ1) is 11.8. The van der Waals surface area contributed by atoms with Gasteiger partial charge in [-0.2, -0.15) is 13.2 Å². The first-order valence-electron chi connectivity index (χ1n) is 7.40. The molecule has 0 aliphatic carbocycles. The van der Waals surface area contributed by atoms with E-state index in [1.54, 1.807) is 0 Å². The Hall–Kier alpha value is -1.93. The first-order valence-corrected chi connectivity index (χ1v) is 9.07. The van der Waals surface area contributed by atoms with Gasteiger partial charge in [-0.1, -0.05) is 0 Å². The van der Waals surface area contributed by atoms with Gasteiger partial charge in [-0.25, -0.2) is 4.98 Å². The molecular formula is C17H10BrF3N2OS. The summed E-state index contributed by atoms with van der Waals surface area (Å²) >= 11 is 4.93. The monoisotopic (exact) mass is 426 g/mol. The normalized spacial score (nSPS) is 15.9. The lowest BCUT2D eigenvalue weighted by Crippen LogP contribution is -2.21. The van der Waals surface area contributed by atoms with Crippen molar-refractivity contribution in [2.24, 2.45) is 0 Å². The maximum atomic E-state index is 12.9. The summed E-state index contributed by atoms with van der Waals surface area (Å²) in [6.07, 6.45) is -1.91. The molecule has 4 rings (SSSR count). The summed E-state index contributed by atoms with van der Waals surface area (Å²) < 4.78 is 41.3. The zero-order valence-electron chi connectivity index (χ0n) is 12.6. The van der Waals surface area contributed by atoms with Crippen LogP contribution in [0.25, 0.3) is 22.6 Å². The Labute approximate surface area is 152 Å². The number of rotatable bonds is 1. The van der Waals surface area contributed by atoms with Gasteiger partial charge in [-0.05, 0) is 58.3 Å². The van der Waals surface area contributed by atoms with Crippen molar-refractivity contribution in [1.82, 2.24) is 9.55 Å². The van der Waals surface area contributed by atoms with E-state index in [2.05, 4.69) is 20.9 Å². The molecule has 3 heterocycles. The Bertz CT molecular complexity index is 1080. The van der Waals surface area contributed by atoms with Crippen molar-refractivity contribution in [3.05, 3.63) is 60.7 Å². The van der Waals surface area contributed by atoms with Crippen molar-refractivity contribution >= 4 is 49.8 Å². The molecule has 0 saturated carbocycles. The molecule has 0 N–H and O–H groups in total. The number of hydrogen-bond donors (Lipinski definition) is 0. The number of alkyl halides is 3. The van der Waals surface area contributed by atoms with Gasteiger partial charge < -0.3 is 0 Å². The second-order valence-electron chi connectivity index (χ2n) is 5.71. The Morgan fingerprint density at radius 2 is 2.08 bits per heavy atom. The van der Waals surface area contributed by atoms with Crippen LogP contribution in [0.1, 0.15) is 22.7 Å². The topological polar surface area (TPSA) is 34.9 Å². The van der Waals surface area contributed by atoms with Gasteiger partial charge in [0.1, 0.15) is 5.82 Å². The van der Waals surface area contributed by atoms with Crippen LogP contribution in [-0.2, 0) is 12.7 Å². The summed E-state index contributed by atoms with van der Waals surface area (Å²) in [4.78, 5) is 17.9. The van der Waals surface area contributed by atoms with Crippen LogP contribution in [0.15, 0.2) is 38.9 Å². The third-order valence-corrected chi connectivity index (χ3v) is 5.72. The second-order valence-corrected chi connectivity index (χ2v) is 7.57. The molecule has 0 unspecified atom stereocenters. The van der Waals surface area contributed by atoms with Crippen molar-refractivity contribution in [3.8, 4) is 0 Å². The smallest absolute Gasteiger partial charge is 0.292 e. The standard InChI is InChI=1S/C17H10BrF3N2OS/c18-11-7-12(25-8-11)5-9-3-4-23-15(9)22-14-6-10(17(19,20)21)1-2-13(14)16(23)24/h1-2,5-8H,3-4H2/b9-5+. The highest BCUT2D eigenvalue weighted by Gasteiger charge is 2.31. The molecule has 3 nitrogen and oxygen atoms in total. The zero-order chi connectivity index (χ0) is 17.8. The van der Waals surface area contributed by atoms with E-state index in [0.717, 1.165) is 27.1 Å². The number of hydrogen-bond acceptors (Lipinski definition) is 3. The van der Waals surface area contributed by atoms with Crippen molar-refractivity contribution in [1.29, 1.82) is 0 Å². The fourth-order valence-electron chi connectivity index (χ4n) is 2.91. The lowest BCUT2D eigenvalue weighted by atomic mass is 10.1. The largest absolute Gasteiger partial charge is 0.416 e. The summed E-state index contributed by atoms with van der Waals surface area (Å²) in [6.45, 7) is 0.483. The molecule has 1 aromatic carbocycles. The van der Waals surface area contributed by atoms with E-state index in [1.165, 1.54) is 22.0 Å². The van der Waals surface area contributed by atoms with Crippen molar-refractivity contribution < 1.29 is 13.2 Å². The number of aromatic nitrogens is 2. The number of nitrogens with zero attached hydrogens (tertiary/aromatic N) is 2. The highest BCUT2D eigenvalue weighted by Crippen LogP contribution is 2.33. The highest BCUT2D eigenvalue weighted by atomic mass is 79.9. The fourth-order valence-corrected chi connectivity index (χ4v) is 4.31. The quantitative estimate of drug-likeness (QED) is 0.536. The summed E-state index contributed by atoms with van der Waals surface area (Å²) in [5.74, 6) is 0.446. The van der Waals surface area contributed by atoms with Crippen LogP contribution < -0.4 is 5.56 Å². The second kappa shape index (κ2) is 5.81. The van der Waals surface area contributed by atoms with E-state index in [-0.39, 0.29) is 16.5 Å². The SMILES string of the molecule is O=c1c2ccc(C(F)(F)F)cc2nc2n1CC/C2=C\c1cc(Br)cs1. The average molecular weight is 427 g/mol. The molecule has 25 heavy (non-hydrogen) atoms. The Morgan fingerprint density at radius 3 is 2.76 bits per heavy atom. The fraction of sp³-hybridized carbons (Fsp3) is 0.176. The number of allylic oxidation sites excluding steroid dienone is 1. The van der Waals surface area contributed by atoms with Crippen LogP contribution in [-0.4, -0.2) is 9.55 Å². The molecule has 0 radical (unpaired) electrons. The van der Waals surface area contributed by atoms with Gasteiger partial charge >= 0.3 is 6.18 Å². The first kappa shape index (κ1) is 16.5. The average Bonchev–Trinajstić information content (AvgIpc) is 3.13. The molecule has 0 atom stereocenters. The molecule has 0 bridgehead atoms. The van der Waals surface area contributed by atoms with Crippen LogP contribution in [0.4, 0.5) is 13.2 Å². The van der Waals surface area contributed by atoms with Gasteiger partial charge in [0.25, 0.3) is 5.56 Å². The predicted octanol–water partition coefficient (Wildman–Crippen LogP) is 5.18. The summed E-state index contributed by atoms with van der Waals surface area (Å²) in [7, 11) is 0. The van der Waals surface area contributed by atoms with Crippen molar-refractivity contribution in [2.45, 2.75) is 19.1 Å². The van der Waals surface area contributed by atoms with Gasteiger partial charge in [0.05, 0.1) is 16.5 Å². The van der Waals surface area contributed by atoms with Crippen molar-refractivity contribution in [2.75, 3.05) is 0 Å². The van der Waals surface area contributed by atoms with E-state index in [9.17, 15) is 18.0 Å². The molecule has 2 aromatic heterocycles. The predicted molar refractivity (Wildman–Crippen MR) is 95.5 cm³/mol. The maximum Gasteiger partial charge on any atom is 0.416 e. The molecule has 0 saturated heterocycles. The third-order valence-electron chi connectivity index (χ3n) is 4.08. The van der Waals surface area contributed by atoms with Crippen LogP contribution in [0, 0.1) is 0 Å². The number of benzene rings is 1. The van der Waals surface area contributed by atoms with Gasteiger partial charge in [0.2, 0.25) is 0 Å². The molecule has 8 heteroatoms. The molecule has 3 aromatic rings. The van der Waals surface area contributed by atoms with E-state index >= 15 is 0 Å². The number of thiophene rings is 1. The lowest BCUT2D eigenvalue weighted by Gasteiger charge is -2.09. The van der Waals surface area contributed by atoms with Crippen LogP contribution >= 0.6 is 27.3 Å². The van der Waals surface area contributed by atoms with E-state index in [0.29, 0.717) is 18.8 Å². The van der Waals surface area contributed by atoms with E-state index in [4.69, 9.17) is 0 Å². The molecule has 0 fully saturated rings. The minimum absolute atomic E-state index is 0.0752. The lowest BCUT2D eigenvalue weighted by molar-refractivity contribution is -0.137. The van der Waals surface area contributed by atoms with E-state index < -0.39 is 11.7 Å². The van der Waals surface area contributed by atoms with E-state index in [1.807, 2.05) is 17.5 Å². The Morgan fingerprint density at radius 1 is 1.28 bits per heavy atom. The maximum absolute atomic E-state index is 12.9. The Balaban J connectivity index is 1.90. The number of fused-ring (bicyclic) bond motifs is 2. The van der Waals surface area contributed by atoms with Gasteiger partial charge in [0, 0.05) is 21.3 Å². The van der Waals surface area contributed by atoms with Crippen LogP contribution in [0.3, 0.4) is 0 Å². The van der Waals surface area contributed by atoms with Crippen molar-refractivity contribution in [3.63, 3.8) is 0 Å². The molecule has 0 spiro atoms. The minimum Gasteiger partial charge on any atom is -0.292 e. The molecule has 128 valence electrons. The summed E-state index contributed by atoms with van der Waals surface area (Å²) in [5.41, 5.74) is -0.177. The molecule has 0 amide bonds. The Kier molecular flexibility index (Phi) is 3.84. The minimum atomic E-state index is -4.47. The van der Waals surface area contributed by atoms with Gasteiger partial charge in [0.15, 0.2) is 0 Å². The van der Waals surface area contributed by atoms with Gasteiger partial charge in [-0.15, -0.1) is 11.3 Å². The van der Waals surface area contributed by atoms with Gasteiger partial charge in [-0.3, -0.25) is 9.36 Å². The molecular weight excluding hydrogens is 417 g/mol. The highest BCUT2D eigenvalue weighted by molar-refractivity contribution is 9.10. The summed E-state index contributed by atoms with van der Waals surface area (Å²) in [6, 6.07) is 5.02. The van der Waals surface area contributed by atoms with Crippen LogP contribution in [0.2, 0.25) is 0 Å².